The summed E-state index contributed by atoms with van der Waals surface area (Å²) in [6.45, 7) is 12.1. The number of ether oxygens (including phenoxy) is 6. The molecule has 7 unspecified atom stereocenters. The van der Waals surface area contributed by atoms with Crippen molar-refractivity contribution in [3.63, 3.8) is 0 Å². The van der Waals surface area contributed by atoms with Gasteiger partial charge in [0.2, 0.25) is 0 Å². The van der Waals surface area contributed by atoms with Gasteiger partial charge in [-0.2, -0.15) is 0 Å². The third-order valence-corrected chi connectivity index (χ3v) is 30.8. The molecule has 24 heteroatoms. The first-order valence-electron chi connectivity index (χ1n) is 16.8. The average molecular weight is 829 g/mol. The first-order chi connectivity index (χ1) is 23.5. The zero-order valence-corrected chi connectivity index (χ0v) is 38.3. The van der Waals surface area contributed by atoms with Crippen LogP contribution in [-0.2, 0) is 75.2 Å². The second kappa shape index (κ2) is 22.9. The average Bonchev–Trinajstić information content (AvgIpc) is 3.91. The first kappa shape index (κ1) is 44.2. The highest BCUT2D eigenvalue weighted by Gasteiger charge is 2.48. The summed E-state index contributed by atoms with van der Waals surface area (Å²) in [4.78, 5) is 0. The van der Waals surface area contributed by atoms with Crippen LogP contribution in [0.5, 0.6) is 0 Å². The van der Waals surface area contributed by atoms with E-state index in [0.29, 0.717) is 70.6 Å². The van der Waals surface area contributed by atoms with Crippen LogP contribution in [0.2, 0.25) is 44.3 Å². The third-order valence-electron chi connectivity index (χ3n) is 7.63. The van der Waals surface area contributed by atoms with Crippen molar-refractivity contribution in [1.29, 1.82) is 0 Å². The standard InChI is InChI=1S/C25H60O17Si7/c1-26-43(6)37-47(7,16-10-13-31-19-23-20-34-23)40-46(41-48(8,38-44(27-2)28-3)17-11-14-32-24-21-35-24)42-49(9,39-45(29-4)30-5)18-12-15-33-25-22-36-25/h23-25,43-46H,10-22H2,1-9H3. The van der Waals surface area contributed by atoms with Crippen molar-refractivity contribution in [3.8, 4) is 0 Å². The Morgan fingerprint density at radius 2 is 0.918 bits per heavy atom. The van der Waals surface area contributed by atoms with Crippen molar-refractivity contribution in [2.24, 2.45) is 0 Å². The quantitative estimate of drug-likeness (QED) is 0.0519. The van der Waals surface area contributed by atoms with Crippen LogP contribution in [0.3, 0.4) is 0 Å². The van der Waals surface area contributed by atoms with Gasteiger partial charge in [-0.15, -0.1) is 0 Å². The second-order valence-electron chi connectivity index (χ2n) is 12.3. The molecule has 0 aromatic rings. The Balaban J connectivity index is 1.85. The normalized spacial score (nSPS) is 25.2. The summed E-state index contributed by atoms with van der Waals surface area (Å²) in [5, 5.41) is 0. The third kappa shape index (κ3) is 19.1. The van der Waals surface area contributed by atoms with Crippen LogP contribution in [0.1, 0.15) is 19.3 Å². The van der Waals surface area contributed by atoms with Gasteiger partial charge in [-0.3, -0.25) is 0 Å². The largest absolute Gasteiger partial charge is 0.474 e. The minimum Gasteiger partial charge on any atom is -0.417 e. The highest BCUT2D eigenvalue weighted by Crippen LogP contribution is 2.29. The van der Waals surface area contributed by atoms with Crippen molar-refractivity contribution in [2.45, 2.75) is 82.3 Å². The van der Waals surface area contributed by atoms with Crippen molar-refractivity contribution in [2.75, 3.05) is 81.8 Å². The van der Waals surface area contributed by atoms with Gasteiger partial charge in [-0.1, -0.05) is 0 Å². The highest BCUT2D eigenvalue weighted by molar-refractivity contribution is 6.84. The molecular weight excluding hydrogens is 769 g/mol. The molecule has 3 aliphatic heterocycles. The maximum Gasteiger partial charge on any atom is 0.474 e. The van der Waals surface area contributed by atoms with Gasteiger partial charge in [-0.05, 0) is 63.6 Å². The molecule has 290 valence electrons. The molecule has 7 atom stereocenters. The van der Waals surface area contributed by atoms with Gasteiger partial charge in [0, 0.05) is 55.4 Å². The predicted molar refractivity (Wildman–Crippen MR) is 191 cm³/mol. The van der Waals surface area contributed by atoms with Crippen LogP contribution < -0.4 is 0 Å². The molecule has 0 aromatic heterocycles. The maximum atomic E-state index is 7.01. The summed E-state index contributed by atoms with van der Waals surface area (Å²) in [5.41, 5.74) is 0. The molecule has 0 amide bonds. The molecule has 3 aliphatic rings. The molecule has 0 radical (unpaired) electrons. The van der Waals surface area contributed by atoms with Gasteiger partial charge >= 0.3 is 63.5 Å². The lowest BCUT2D eigenvalue weighted by Gasteiger charge is -2.40. The van der Waals surface area contributed by atoms with Crippen molar-refractivity contribution in [3.05, 3.63) is 0 Å². The fourth-order valence-corrected chi connectivity index (χ4v) is 27.2. The molecule has 3 saturated heterocycles. The molecule has 0 N–H and O–H groups in total. The molecule has 0 saturated carbocycles. The molecule has 0 aliphatic carbocycles. The van der Waals surface area contributed by atoms with Crippen molar-refractivity contribution < 1.29 is 75.2 Å². The number of hydrogen-bond donors (Lipinski definition) is 0. The lowest BCUT2D eigenvalue weighted by molar-refractivity contribution is 0.0494. The number of hydrogen-bond acceptors (Lipinski definition) is 17. The Labute approximate surface area is 302 Å². The van der Waals surface area contributed by atoms with E-state index in [0.717, 1.165) is 13.0 Å². The van der Waals surface area contributed by atoms with Gasteiger partial charge in [-0.25, -0.2) is 0 Å². The van der Waals surface area contributed by atoms with Gasteiger partial charge in [0.05, 0.1) is 13.2 Å². The SMILES string of the molecule is CO[SiH](C)O[Si](C)(CCCOCC1CO1)O[SiH](O[Si](C)(CCCOC1CO1)O[SiH](OC)OC)O[Si](C)(CCCOC1CO1)O[SiH](OC)OC. The topological polar surface area (TPSA) is 167 Å². The summed E-state index contributed by atoms with van der Waals surface area (Å²) < 4.78 is 102. The van der Waals surface area contributed by atoms with E-state index in [-0.39, 0.29) is 18.7 Å². The molecule has 3 fully saturated rings. The minimum absolute atomic E-state index is 0.141. The van der Waals surface area contributed by atoms with Crippen LogP contribution in [0.25, 0.3) is 0 Å². The molecule has 49 heavy (non-hydrogen) atoms. The molecular formula is C25H60O17Si7. The van der Waals surface area contributed by atoms with Crippen LogP contribution in [-0.4, -0.2) is 164 Å². The predicted octanol–water partition coefficient (Wildman–Crippen LogP) is 0.867. The summed E-state index contributed by atoms with van der Waals surface area (Å²) in [6.07, 6.45) is 1.99. The van der Waals surface area contributed by atoms with Gasteiger partial charge in [0.15, 0.2) is 12.6 Å². The van der Waals surface area contributed by atoms with E-state index in [9.17, 15) is 0 Å². The van der Waals surface area contributed by atoms with Crippen LogP contribution >= 0.6 is 0 Å². The maximum absolute atomic E-state index is 7.01. The Bertz CT molecular complexity index is 847. The van der Waals surface area contributed by atoms with E-state index in [1.54, 1.807) is 35.5 Å². The monoisotopic (exact) mass is 828 g/mol. The highest BCUT2D eigenvalue weighted by atomic mass is 28.5. The van der Waals surface area contributed by atoms with E-state index in [1.165, 1.54) is 0 Å². The minimum atomic E-state index is -3.12. The zero-order chi connectivity index (χ0) is 35.8. The van der Waals surface area contributed by atoms with Gasteiger partial charge in [0.25, 0.3) is 0 Å². The fourth-order valence-electron chi connectivity index (χ4n) is 4.67. The van der Waals surface area contributed by atoms with Gasteiger partial charge < -0.3 is 75.2 Å². The lowest BCUT2D eigenvalue weighted by Crippen LogP contribution is -2.59. The van der Waals surface area contributed by atoms with Crippen LogP contribution in [0.15, 0.2) is 0 Å². The summed E-state index contributed by atoms with van der Waals surface area (Å²) in [7, 11) is -11.4. The molecule has 3 heterocycles. The van der Waals surface area contributed by atoms with Crippen molar-refractivity contribution in [1.82, 2.24) is 0 Å². The molecule has 17 nitrogen and oxygen atoms in total. The molecule has 0 aromatic carbocycles. The van der Waals surface area contributed by atoms with E-state index < -0.39 is 63.5 Å². The lowest BCUT2D eigenvalue weighted by atomic mass is 10.5. The Hall–Kier alpha value is 0.838. The second-order valence-corrected chi connectivity index (χ2v) is 31.5. The molecule has 0 spiro atoms. The zero-order valence-electron chi connectivity index (χ0n) is 30.7. The van der Waals surface area contributed by atoms with E-state index in [2.05, 4.69) is 0 Å². The number of epoxide rings is 3. The van der Waals surface area contributed by atoms with Crippen LogP contribution in [0.4, 0.5) is 0 Å². The van der Waals surface area contributed by atoms with E-state index >= 15 is 0 Å². The van der Waals surface area contributed by atoms with Gasteiger partial charge in [0.1, 0.15) is 19.3 Å². The molecule has 3 rings (SSSR count). The molecule has 0 bridgehead atoms. The first-order valence-corrected chi connectivity index (χ1v) is 30.7. The van der Waals surface area contributed by atoms with Crippen LogP contribution in [0, 0.1) is 0 Å². The van der Waals surface area contributed by atoms with E-state index in [4.69, 9.17) is 75.2 Å². The Kier molecular flexibility index (Phi) is 20.7. The van der Waals surface area contributed by atoms with Crippen molar-refractivity contribution >= 4 is 63.5 Å². The Morgan fingerprint density at radius 1 is 0.531 bits per heavy atom. The summed E-state index contributed by atoms with van der Waals surface area (Å²) in [6, 6.07) is 1.79. The summed E-state index contributed by atoms with van der Waals surface area (Å²) >= 11 is 0. The smallest absolute Gasteiger partial charge is 0.417 e. The van der Waals surface area contributed by atoms with E-state index in [1.807, 2.05) is 26.2 Å². The number of rotatable bonds is 33. The Morgan fingerprint density at radius 3 is 1.29 bits per heavy atom. The summed E-state index contributed by atoms with van der Waals surface area (Å²) in [5.74, 6) is 0. The fraction of sp³-hybridized carbons (Fsp3) is 1.00.